The van der Waals surface area contributed by atoms with Crippen molar-refractivity contribution in [2.75, 3.05) is 12.1 Å². The van der Waals surface area contributed by atoms with Crippen molar-refractivity contribution in [3.05, 3.63) is 6.33 Å². The summed E-state index contributed by atoms with van der Waals surface area (Å²) in [5, 5.41) is 7.23. The normalized spacial score (nSPS) is 13.4. The molecule has 1 atom stereocenters. The quantitative estimate of drug-likeness (QED) is 0.501. The summed E-state index contributed by atoms with van der Waals surface area (Å²) in [6, 6.07) is 0. The van der Waals surface area contributed by atoms with E-state index in [0.29, 0.717) is 0 Å². The average molecular weight is 146 g/mol. The van der Waals surface area contributed by atoms with E-state index in [1.54, 1.807) is 0 Å². The van der Waals surface area contributed by atoms with Crippen molar-refractivity contribution in [3.8, 4) is 0 Å². The fourth-order valence-corrected chi connectivity index (χ4v) is 0.944. The smallest absolute Gasteiger partial charge is 0.239 e. The fraction of sp³-hybridized carbons (Fsp3) is 0.333. The van der Waals surface area contributed by atoms with Crippen LogP contribution in [-0.4, -0.2) is 25.3 Å². The molecule has 0 aliphatic rings. The number of nitrogens with zero attached hydrogens (tertiary/aromatic N) is 3. The van der Waals surface area contributed by atoms with Gasteiger partial charge in [-0.1, -0.05) is 0 Å². The van der Waals surface area contributed by atoms with E-state index in [0.717, 1.165) is 4.68 Å². The molecule has 0 aliphatic heterocycles. The molecule has 0 fully saturated rings. The molecular weight excluding hydrogens is 140 g/mol. The number of rotatable bonds is 1. The van der Waals surface area contributed by atoms with Crippen LogP contribution in [-0.2, 0) is 10.8 Å². The largest absolute Gasteiger partial charge is 0.336 e. The predicted molar refractivity (Wildman–Crippen MR) is 32.5 cm³/mol. The molecule has 0 saturated carbocycles. The van der Waals surface area contributed by atoms with Gasteiger partial charge in [0.1, 0.15) is 6.33 Å². The highest BCUT2D eigenvalue weighted by atomic mass is 32.2. The summed E-state index contributed by atoms with van der Waals surface area (Å²) in [5.74, 6) is 5.24. The van der Waals surface area contributed by atoms with Crippen molar-refractivity contribution < 1.29 is 4.21 Å². The van der Waals surface area contributed by atoms with Crippen molar-refractivity contribution in [2.24, 2.45) is 0 Å². The van der Waals surface area contributed by atoms with Gasteiger partial charge < -0.3 is 5.84 Å². The molecule has 6 heteroatoms. The Kier molecular flexibility index (Phi) is 1.48. The Balaban J connectivity index is 3.08. The van der Waals surface area contributed by atoms with Crippen LogP contribution >= 0.6 is 0 Å². The van der Waals surface area contributed by atoms with E-state index >= 15 is 0 Å². The summed E-state index contributed by atoms with van der Waals surface area (Å²) in [6.45, 7) is 0. The van der Waals surface area contributed by atoms with Crippen LogP contribution in [0.1, 0.15) is 0 Å². The van der Waals surface area contributed by atoms with E-state index in [2.05, 4.69) is 10.2 Å². The van der Waals surface area contributed by atoms with Crippen LogP contribution in [0, 0.1) is 0 Å². The maximum atomic E-state index is 10.6. The van der Waals surface area contributed by atoms with Crippen molar-refractivity contribution in [1.82, 2.24) is 14.9 Å². The number of hydrogen-bond acceptors (Lipinski definition) is 4. The summed E-state index contributed by atoms with van der Waals surface area (Å²) >= 11 is 0. The highest BCUT2D eigenvalue weighted by molar-refractivity contribution is 7.84. The Labute approximate surface area is 54.3 Å². The van der Waals surface area contributed by atoms with Crippen LogP contribution in [0.15, 0.2) is 11.5 Å². The van der Waals surface area contributed by atoms with Gasteiger partial charge in [0.2, 0.25) is 5.16 Å². The van der Waals surface area contributed by atoms with E-state index < -0.39 is 10.8 Å². The molecule has 0 amide bonds. The third-order valence-corrected chi connectivity index (χ3v) is 1.60. The molecule has 1 aromatic heterocycles. The monoisotopic (exact) mass is 146 g/mol. The SMILES string of the molecule is CS(=O)c1nncn1N. The molecule has 0 radical (unpaired) electrons. The number of nitrogens with two attached hydrogens (primary N) is 1. The van der Waals surface area contributed by atoms with E-state index in [1.807, 2.05) is 0 Å². The summed E-state index contributed by atoms with van der Waals surface area (Å²) in [6.07, 6.45) is 2.80. The third-order valence-electron chi connectivity index (χ3n) is 0.797. The minimum absolute atomic E-state index is 0.287. The fourth-order valence-electron chi connectivity index (χ4n) is 0.438. The summed E-state index contributed by atoms with van der Waals surface area (Å²) in [5.41, 5.74) is 0. The zero-order valence-electron chi connectivity index (χ0n) is 4.81. The zero-order chi connectivity index (χ0) is 6.85. The topological polar surface area (TPSA) is 73.8 Å². The molecule has 0 aliphatic carbocycles. The predicted octanol–water partition coefficient (Wildman–Crippen LogP) is -1.27. The van der Waals surface area contributed by atoms with E-state index in [1.165, 1.54) is 12.6 Å². The minimum atomic E-state index is -1.15. The zero-order valence-corrected chi connectivity index (χ0v) is 5.63. The first-order valence-corrected chi connectivity index (χ1v) is 3.76. The Bertz CT molecular complexity index is 231. The lowest BCUT2D eigenvalue weighted by molar-refractivity contribution is 0.673. The number of nitrogen functional groups attached to an aromatic ring is 1. The van der Waals surface area contributed by atoms with Gasteiger partial charge in [-0.15, -0.1) is 10.2 Å². The maximum absolute atomic E-state index is 10.6. The Hall–Kier alpha value is -0.910. The molecular formula is C3H6N4OS. The van der Waals surface area contributed by atoms with Gasteiger partial charge in [0.15, 0.2) is 0 Å². The molecule has 0 bridgehead atoms. The van der Waals surface area contributed by atoms with Gasteiger partial charge in [-0.2, -0.15) is 0 Å². The second kappa shape index (κ2) is 2.14. The second-order valence-corrected chi connectivity index (χ2v) is 2.75. The van der Waals surface area contributed by atoms with Crippen LogP contribution in [0.5, 0.6) is 0 Å². The highest BCUT2D eigenvalue weighted by Crippen LogP contribution is 1.92. The Morgan fingerprint density at radius 2 is 2.56 bits per heavy atom. The van der Waals surface area contributed by atoms with Crippen molar-refractivity contribution in [1.29, 1.82) is 0 Å². The molecule has 1 unspecified atom stereocenters. The lowest BCUT2D eigenvalue weighted by Crippen LogP contribution is -2.11. The molecule has 2 N–H and O–H groups in total. The Morgan fingerprint density at radius 3 is 2.78 bits per heavy atom. The molecule has 9 heavy (non-hydrogen) atoms. The summed E-state index contributed by atoms with van der Waals surface area (Å²) in [4.78, 5) is 0. The minimum Gasteiger partial charge on any atom is -0.336 e. The molecule has 1 aromatic rings. The third kappa shape index (κ3) is 1.07. The van der Waals surface area contributed by atoms with Crippen LogP contribution < -0.4 is 5.84 Å². The average Bonchev–Trinajstić information content (AvgIpc) is 2.13. The van der Waals surface area contributed by atoms with Crippen LogP contribution in [0.3, 0.4) is 0 Å². The second-order valence-electron chi connectivity index (χ2n) is 1.47. The number of aromatic nitrogens is 3. The van der Waals surface area contributed by atoms with Gasteiger partial charge in [-0.25, -0.2) is 4.68 Å². The molecule has 1 rings (SSSR count). The van der Waals surface area contributed by atoms with Gasteiger partial charge in [0.05, 0.1) is 10.8 Å². The van der Waals surface area contributed by atoms with Gasteiger partial charge in [0, 0.05) is 6.26 Å². The van der Waals surface area contributed by atoms with E-state index in [-0.39, 0.29) is 5.16 Å². The Morgan fingerprint density at radius 1 is 1.89 bits per heavy atom. The number of hydrogen-bond donors (Lipinski definition) is 1. The van der Waals surface area contributed by atoms with Gasteiger partial charge in [-0.05, 0) is 0 Å². The van der Waals surface area contributed by atoms with Crippen molar-refractivity contribution in [2.45, 2.75) is 5.16 Å². The molecule has 0 spiro atoms. The first-order chi connectivity index (χ1) is 4.22. The van der Waals surface area contributed by atoms with Gasteiger partial charge in [0.25, 0.3) is 0 Å². The van der Waals surface area contributed by atoms with Gasteiger partial charge in [-0.3, -0.25) is 4.21 Å². The molecule has 5 nitrogen and oxygen atoms in total. The van der Waals surface area contributed by atoms with E-state index in [9.17, 15) is 4.21 Å². The summed E-state index contributed by atoms with van der Waals surface area (Å²) in [7, 11) is -1.15. The lowest BCUT2D eigenvalue weighted by atomic mass is 11.2. The van der Waals surface area contributed by atoms with Crippen molar-refractivity contribution in [3.63, 3.8) is 0 Å². The molecule has 1 heterocycles. The van der Waals surface area contributed by atoms with Gasteiger partial charge >= 0.3 is 0 Å². The molecule has 0 saturated heterocycles. The van der Waals surface area contributed by atoms with Crippen LogP contribution in [0.25, 0.3) is 0 Å². The van der Waals surface area contributed by atoms with Crippen LogP contribution in [0.4, 0.5) is 0 Å². The van der Waals surface area contributed by atoms with Crippen LogP contribution in [0.2, 0.25) is 0 Å². The lowest BCUT2D eigenvalue weighted by Gasteiger charge is -1.91. The first-order valence-electron chi connectivity index (χ1n) is 2.20. The van der Waals surface area contributed by atoms with E-state index in [4.69, 9.17) is 5.84 Å². The molecule has 50 valence electrons. The summed E-state index contributed by atoms with van der Waals surface area (Å²) < 4.78 is 11.8. The first kappa shape index (κ1) is 6.21. The molecule has 0 aromatic carbocycles. The standard InChI is InChI=1S/C3H6N4OS/c1-9(8)3-6-5-2-7(3)4/h2H,4H2,1H3. The maximum Gasteiger partial charge on any atom is 0.239 e. The van der Waals surface area contributed by atoms with Crippen molar-refractivity contribution >= 4 is 10.8 Å². The highest BCUT2D eigenvalue weighted by Gasteiger charge is 2.02.